The molecule has 1 aromatic carbocycles. The van der Waals surface area contributed by atoms with Gasteiger partial charge in [-0.15, -0.1) is 11.3 Å². The van der Waals surface area contributed by atoms with Crippen molar-refractivity contribution in [2.45, 2.75) is 33.0 Å². The summed E-state index contributed by atoms with van der Waals surface area (Å²) in [7, 11) is 2.09. The highest BCUT2D eigenvalue weighted by molar-refractivity contribution is 9.11. The lowest BCUT2D eigenvalue weighted by molar-refractivity contribution is 0.589. The third-order valence-corrected chi connectivity index (χ3v) is 5.12. The first-order chi connectivity index (χ1) is 9.95. The van der Waals surface area contributed by atoms with E-state index in [4.69, 9.17) is 11.6 Å². The molecule has 0 unspecified atom stereocenters. The molecule has 114 valence electrons. The number of hydrogen-bond acceptors (Lipinski definition) is 3. The van der Waals surface area contributed by atoms with E-state index in [2.05, 4.69) is 70.6 Å². The first-order valence-corrected chi connectivity index (χ1v) is 8.96. The Balaban J connectivity index is 2.04. The maximum Gasteiger partial charge on any atom is 0.0701 e. The van der Waals surface area contributed by atoms with Crippen molar-refractivity contribution in [3.8, 4) is 0 Å². The summed E-state index contributed by atoms with van der Waals surface area (Å²) in [6, 6.07) is 8.89. The molecule has 0 saturated carbocycles. The maximum atomic E-state index is 6.39. The van der Waals surface area contributed by atoms with Crippen LogP contribution in [-0.2, 0) is 13.1 Å². The van der Waals surface area contributed by atoms with E-state index in [1.807, 2.05) is 6.07 Å². The number of thiophene rings is 1. The summed E-state index contributed by atoms with van der Waals surface area (Å²) in [5.74, 6) is 0. The fourth-order valence-electron chi connectivity index (χ4n) is 2.02. The molecule has 21 heavy (non-hydrogen) atoms. The zero-order valence-corrected chi connectivity index (χ0v) is 15.6. The molecule has 2 nitrogen and oxygen atoms in total. The van der Waals surface area contributed by atoms with E-state index >= 15 is 0 Å². The zero-order chi connectivity index (χ0) is 15.4. The molecule has 2 rings (SSSR count). The molecule has 0 aliphatic carbocycles. The van der Waals surface area contributed by atoms with Gasteiger partial charge in [-0.05, 0) is 50.6 Å². The Hall–Kier alpha value is -0.550. The van der Waals surface area contributed by atoms with Crippen LogP contribution in [0.15, 0.2) is 33.4 Å². The topological polar surface area (TPSA) is 15.3 Å². The average molecular weight is 388 g/mol. The number of halogens is 2. The van der Waals surface area contributed by atoms with Crippen LogP contribution in [0, 0.1) is 0 Å². The van der Waals surface area contributed by atoms with Crippen molar-refractivity contribution in [2.24, 2.45) is 0 Å². The zero-order valence-electron chi connectivity index (χ0n) is 12.5. The maximum absolute atomic E-state index is 6.39. The van der Waals surface area contributed by atoms with Gasteiger partial charge in [0.15, 0.2) is 0 Å². The molecule has 0 spiro atoms. The van der Waals surface area contributed by atoms with Gasteiger partial charge >= 0.3 is 0 Å². The lowest BCUT2D eigenvalue weighted by Gasteiger charge is -2.20. The Labute approximate surface area is 144 Å². The van der Waals surface area contributed by atoms with Crippen LogP contribution < -0.4 is 10.2 Å². The van der Waals surface area contributed by atoms with Gasteiger partial charge in [-0.2, -0.15) is 0 Å². The molecule has 0 radical (unpaired) electrons. The summed E-state index contributed by atoms with van der Waals surface area (Å²) in [5, 5.41) is 6.38. The van der Waals surface area contributed by atoms with Crippen LogP contribution in [0.5, 0.6) is 0 Å². The van der Waals surface area contributed by atoms with Crippen molar-refractivity contribution in [3.63, 3.8) is 0 Å². The number of nitrogens with zero attached hydrogens (tertiary/aromatic N) is 1. The first-order valence-electron chi connectivity index (χ1n) is 6.91. The molecule has 1 aromatic heterocycles. The minimum absolute atomic E-state index is 0.459. The summed E-state index contributed by atoms with van der Waals surface area (Å²) in [5.41, 5.74) is 3.58. The molecule has 0 fully saturated rings. The van der Waals surface area contributed by atoms with Gasteiger partial charge in [-0.1, -0.05) is 31.5 Å². The van der Waals surface area contributed by atoms with Crippen LogP contribution in [0.4, 0.5) is 5.69 Å². The standard InChI is InChI=1S/C16H20BrClN2S/c1-11(2)19-8-13-4-5-14(7-15(13)18)20(3)9-12-6-16(17)21-10-12/h4-7,10-11,19H,8-9H2,1-3H3. The van der Waals surface area contributed by atoms with E-state index in [0.717, 1.165) is 29.4 Å². The molecular formula is C16H20BrClN2S. The Morgan fingerprint density at radius 3 is 2.67 bits per heavy atom. The Bertz CT molecular complexity index is 598. The number of anilines is 1. The highest BCUT2D eigenvalue weighted by Gasteiger charge is 2.07. The molecule has 2 aromatic rings. The van der Waals surface area contributed by atoms with E-state index in [1.165, 1.54) is 9.35 Å². The third kappa shape index (κ3) is 4.99. The van der Waals surface area contributed by atoms with Gasteiger partial charge in [0.2, 0.25) is 0 Å². The number of rotatable bonds is 6. The van der Waals surface area contributed by atoms with E-state index in [0.29, 0.717) is 6.04 Å². The predicted molar refractivity (Wildman–Crippen MR) is 97.6 cm³/mol. The van der Waals surface area contributed by atoms with Crippen molar-refractivity contribution in [2.75, 3.05) is 11.9 Å². The Morgan fingerprint density at radius 1 is 1.33 bits per heavy atom. The third-order valence-electron chi connectivity index (χ3n) is 3.22. The SMILES string of the molecule is CC(C)NCc1ccc(N(C)Cc2csc(Br)c2)cc1Cl. The molecule has 0 atom stereocenters. The van der Waals surface area contributed by atoms with Crippen molar-refractivity contribution in [3.05, 3.63) is 49.6 Å². The number of hydrogen-bond donors (Lipinski definition) is 1. The normalized spacial score (nSPS) is 11.1. The highest BCUT2D eigenvalue weighted by atomic mass is 79.9. The van der Waals surface area contributed by atoms with Crippen molar-refractivity contribution >= 4 is 44.6 Å². The van der Waals surface area contributed by atoms with E-state index in [1.54, 1.807) is 11.3 Å². The Kier molecular flexibility index (Phi) is 6.11. The summed E-state index contributed by atoms with van der Waals surface area (Å²) in [6.07, 6.45) is 0. The molecule has 5 heteroatoms. The predicted octanol–water partition coefficient (Wildman–Crippen LogP) is 5.30. The number of nitrogens with one attached hydrogen (secondary N) is 1. The van der Waals surface area contributed by atoms with Gasteiger partial charge in [-0.3, -0.25) is 0 Å². The molecule has 0 aliphatic heterocycles. The summed E-state index contributed by atoms with van der Waals surface area (Å²) in [4.78, 5) is 2.21. The second-order valence-corrected chi connectivity index (χ2v) is 8.12. The van der Waals surface area contributed by atoms with Crippen molar-refractivity contribution < 1.29 is 0 Å². The van der Waals surface area contributed by atoms with Gasteiger partial charge in [0.05, 0.1) is 3.79 Å². The fraction of sp³-hybridized carbons (Fsp3) is 0.375. The van der Waals surface area contributed by atoms with Gasteiger partial charge < -0.3 is 10.2 Å². The molecule has 0 bridgehead atoms. The monoisotopic (exact) mass is 386 g/mol. The quantitative estimate of drug-likeness (QED) is 0.723. The summed E-state index contributed by atoms with van der Waals surface area (Å²) < 4.78 is 1.17. The highest BCUT2D eigenvalue weighted by Crippen LogP contribution is 2.26. The molecule has 0 saturated heterocycles. The Morgan fingerprint density at radius 2 is 2.10 bits per heavy atom. The molecule has 0 amide bonds. The first kappa shape index (κ1) is 16.8. The van der Waals surface area contributed by atoms with Gasteiger partial charge in [0, 0.05) is 36.9 Å². The lowest BCUT2D eigenvalue weighted by atomic mass is 10.1. The second kappa shape index (κ2) is 7.63. The van der Waals surface area contributed by atoms with Crippen molar-refractivity contribution in [1.29, 1.82) is 0 Å². The van der Waals surface area contributed by atoms with Gasteiger partial charge in [-0.25, -0.2) is 0 Å². The molecule has 1 N–H and O–H groups in total. The summed E-state index contributed by atoms with van der Waals surface area (Å²) in [6.45, 7) is 5.95. The second-order valence-electron chi connectivity index (χ2n) is 5.43. The molecular weight excluding hydrogens is 368 g/mol. The summed E-state index contributed by atoms with van der Waals surface area (Å²) >= 11 is 11.6. The van der Waals surface area contributed by atoms with Crippen LogP contribution in [-0.4, -0.2) is 13.1 Å². The van der Waals surface area contributed by atoms with Gasteiger partial charge in [0.25, 0.3) is 0 Å². The van der Waals surface area contributed by atoms with E-state index < -0.39 is 0 Å². The lowest BCUT2D eigenvalue weighted by Crippen LogP contribution is -2.22. The van der Waals surface area contributed by atoms with Gasteiger partial charge in [0.1, 0.15) is 0 Å². The van der Waals surface area contributed by atoms with Crippen LogP contribution in [0.1, 0.15) is 25.0 Å². The fourth-order valence-corrected chi connectivity index (χ4v) is 3.47. The minimum Gasteiger partial charge on any atom is -0.370 e. The molecule has 1 heterocycles. The van der Waals surface area contributed by atoms with Crippen molar-refractivity contribution in [1.82, 2.24) is 5.32 Å². The number of benzene rings is 1. The molecule has 0 aliphatic rings. The van der Waals surface area contributed by atoms with Crippen LogP contribution in [0.3, 0.4) is 0 Å². The van der Waals surface area contributed by atoms with E-state index in [9.17, 15) is 0 Å². The van der Waals surface area contributed by atoms with Crippen LogP contribution in [0.25, 0.3) is 0 Å². The minimum atomic E-state index is 0.459. The van der Waals surface area contributed by atoms with Crippen LogP contribution >= 0.6 is 38.9 Å². The largest absolute Gasteiger partial charge is 0.370 e. The van der Waals surface area contributed by atoms with E-state index in [-0.39, 0.29) is 0 Å². The smallest absolute Gasteiger partial charge is 0.0701 e. The average Bonchev–Trinajstić information content (AvgIpc) is 2.82. The van der Waals surface area contributed by atoms with Crippen LogP contribution in [0.2, 0.25) is 5.02 Å².